The molecule has 0 saturated carbocycles. The number of H-pyrrole nitrogens is 1. The summed E-state index contributed by atoms with van der Waals surface area (Å²) in [5, 5.41) is 19.9. The van der Waals surface area contributed by atoms with Crippen molar-refractivity contribution in [1.29, 1.82) is 0 Å². The zero-order valence-electron chi connectivity index (χ0n) is 13.3. The number of aliphatic hydroxyl groups is 2. The van der Waals surface area contributed by atoms with Gasteiger partial charge in [-0.3, -0.25) is 19.1 Å². The van der Waals surface area contributed by atoms with Crippen LogP contribution in [0.4, 0.5) is 13.2 Å². The highest BCUT2D eigenvalue weighted by molar-refractivity contribution is 5.91. The summed E-state index contributed by atoms with van der Waals surface area (Å²) < 4.78 is 47.2. The number of alkyl halides is 3. The van der Waals surface area contributed by atoms with E-state index >= 15 is 0 Å². The van der Waals surface area contributed by atoms with Crippen LogP contribution in [0.1, 0.15) is 6.23 Å². The summed E-state index contributed by atoms with van der Waals surface area (Å²) in [7, 11) is 0. The summed E-state index contributed by atoms with van der Waals surface area (Å²) in [6, 6.07) is -1.14. The topological polar surface area (TPSA) is 157 Å². The first kappa shape index (κ1) is 20.6. The monoisotopic (exact) mass is 393 g/mol. The fourth-order valence-corrected chi connectivity index (χ4v) is 2.20. The SMILES string of the molecule is NC(C#COC[C@H]1O[C@@H](n2ccc(=O)[nH]c2=O)[C@H](O)[C@@H]1O)C(=O)C(F)(F)F. The fourth-order valence-electron chi connectivity index (χ4n) is 2.20. The Kier molecular flexibility index (Phi) is 6.06. The molecule has 2 rings (SSSR count). The summed E-state index contributed by atoms with van der Waals surface area (Å²) in [5.41, 5.74) is 3.39. The first-order valence-corrected chi connectivity index (χ1v) is 7.34. The van der Waals surface area contributed by atoms with Crippen molar-refractivity contribution >= 4 is 5.78 Å². The van der Waals surface area contributed by atoms with Gasteiger partial charge in [-0.05, 0) is 5.92 Å². The minimum atomic E-state index is -5.14. The van der Waals surface area contributed by atoms with Crippen molar-refractivity contribution in [3.8, 4) is 12.0 Å². The number of nitrogens with two attached hydrogens (primary N) is 1. The highest BCUT2D eigenvalue weighted by Crippen LogP contribution is 2.28. The number of nitrogens with zero attached hydrogens (tertiary/aromatic N) is 1. The number of carbonyl (C=O) groups is 1. The van der Waals surface area contributed by atoms with Crippen LogP contribution in [0.5, 0.6) is 0 Å². The average molecular weight is 393 g/mol. The summed E-state index contributed by atoms with van der Waals surface area (Å²) in [5.74, 6) is -0.508. The van der Waals surface area contributed by atoms with E-state index in [4.69, 9.17) is 15.2 Å². The molecule has 0 aromatic carbocycles. The second-order valence-corrected chi connectivity index (χ2v) is 5.46. The van der Waals surface area contributed by atoms with Crippen molar-refractivity contribution in [3.05, 3.63) is 33.1 Å². The molecule has 1 unspecified atom stereocenters. The summed E-state index contributed by atoms with van der Waals surface area (Å²) in [6.07, 6.45) is -7.94. The fraction of sp³-hybridized carbons (Fsp3) is 0.500. The Balaban J connectivity index is 1.99. The third kappa shape index (κ3) is 4.74. The Hall–Kier alpha value is -2.66. The maximum atomic E-state index is 12.1. The molecule has 0 bridgehead atoms. The molecule has 1 aliphatic heterocycles. The zero-order chi connectivity index (χ0) is 20.4. The summed E-state index contributed by atoms with van der Waals surface area (Å²) >= 11 is 0. The second-order valence-electron chi connectivity index (χ2n) is 5.46. The predicted octanol–water partition coefficient (Wildman–Crippen LogP) is -2.41. The van der Waals surface area contributed by atoms with Crippen LogP contribution >= 0.6 is 0 Å². The Morgan fingerprint density at radius 1 is 1.41 bits per heavy atom. The Morgan fingerprint density at radius 3 is 2.67 bits per heavy atom. The molecule has 0 amide bonds. The van der Waals surface area contributed by atoms with Crippen LogP contribution < -0.4 is 17.0 Å². The highest BCUT2D eigenvalue weighted by atomic mass is 19.4. The van der Waals surface area contributed by atoms with Crippen LogP contribution in [0.25, 0.3) is 0 Å². The van der Waals surface area contributed by atoms with Crippen LogP contribution in [0.3, 0.4) is 0 Å². The van der Waals surface area contributed by atoms with E-state index in [1.165, 1.54) is 0 Å². The zero-order valence-corrected chi connectivity index (χ0v) is 13.3. The average Bonchev–Trinajstić information content (AvgIpc) is 2.85. The second kappa shape index (κ2) is 7.92. The lowest BCUT2D eigenvalue weighted by atomic mass is 10.1. The lowest BCUT2D eigenvalue weighted by molar-refractivity contribution is -0.171. The van der Waals surface area contributed by atoms with E-state index in [1.807, 2.05) is 4.98 Å². The number of aromatic amines is 1. The van der Waals surface area contributed by atoms with Gasteiger partial charge in [-0.2, -0.15) is 13.2 Å². The first-order valence-electron chi connectivity index (χ1n) is 7.34. The van der Waals surface area contributed by atoms with Crippen LogP contribution in [0, 0.1) is 12.0 Å². The van der Waals surface area contributed by atoms with E-state index in [0.717, 1.165) is 16.8 Å². The Morgan fingerprint density at radius 2 is 2.07 bits per heavy atom. The van der Waals surface area contributed by atoms with Crippen molar-refractivity contribution < 1.29 is 37.7 Å². The number of carbonyl (C=O) groups excluding carboxylic acids is 1. The largest absolute Gasteiger partial charge is 0.452 e. The van der Waals surface area contributed by atoms with Gasteiger partial charge in [-0.15, -0.1) is 0 Å². The van der Waals surface area contributed by atoms with Crippen LogP contribution in [0.15, 0.2) is 21.9 Å². The normalized spacial score (nSPS) is 26.1. The van der Waals surface area contributed by atoms with E-state index < -0.39 is 60.4 Å². The minimum absolute atomic E-state index is 0.507. The molecule has 5 N–H and O–H groups in total. The molecule has 13 heteroatoms. The van der Waals surface area contributed by atoms with Gasteiger partial charge >= 0.3 is 11.9 Å². The van der Waals surface area contributed by atoms with E-state index in [-0.39, 0.29) is 0 Å². The van der Waals surface area contributed by atoms with Crippen LogP contribution in [-0.2, 0) is 14.3 Å². The van der Waals surface area contributed by atoms with Gasteiger partial charge in [-0.25, -0.2) is 4.79 Å². The molecule has 1 saturated heterocycles. The standard InChI is InChI=1S/C14H14F3N3O7/c15-14(16,17)11(24)6(18)2-4-26-5-7-9(22)10(23)12(27-7)20-3-1-8(21)19-13(20)25/h1,3,6-7,9-10,12,22-23H,5,18H2,(H,19,21,25)/t6?,7-,9-,10-,12-/m1/s1. The van der Waals surface area contributed by atoms with Crippen molar-refractivity contribution in [3.63, 3.8) is 0 Å². The van der Waals surface area contributed by atoms with Gasteiger partial charge in [0.05, 0.1) is 0 Å². The van der Waals surface area contributed by atoms with Crippen molar-refractivity contribution in [2.75, 3.05) is 6.61 Å². The molecule has 2 heterocycles. The lowest BCUT2D eigenvalue weighted by Crippen LogP contribution is -2.39. The molecule has 10 nitrogen and oxygen atoms in total. The van der Waals surface area contributed by atoms with E-state index in [0.29, 0.717) is 0 Å². The highest BCUT2D eigenvalue weighted by Gasteiger charge is 2.44. The van der Waals surface area contributed by atoms with Gasteiger partial charge in [0.1, 0.15) is 37.1 Å². The van der Waals surface area contributed by atoms with E-state index in [2.05, 4.69) is 0 Å². The van der Waals surface area contributed by atoms with E-state index in [1.54, 1.807) is 12.0 Å². The predicted molar refractivity (Wildman–Crippen MR) is 80.0 cm³/mol. The maximum Gasteiger partial charge on any atom is 0.452 e. The molecule has 148 valence electrons. The Labute approximate surface area is 148 Å². The molecule has 1 aromatic rings. The number of hydrogen-bond acceptors (Lipinski definition) is 8. The number of ether oxygens (including phenoxy) is 2. The van der Waals surface area contributed by atoms with Gasteiger partial charge in [0.25, 0.3) is 11.3 Å². The van der Waals surface area contributed by atoms with Gasteiger partial charge in [0.15, 0.2) is 6.23 Å². The number of halogens is 3. The van der Waals surface area contributed by atoms with Crippen LogP contribution in [-0.4, -0.2) is 62.7 Å². The molecule has 1 aliphatic rings. The van der Waals surface area contributed by atoms with E-state index in [9.17, 15) is 37.8 Å². The van der Waals surface area contributed by atoms with Gasteiger partial charge in [-0.1, -0.05) is 0 Å². The molecule has 0 radical (unpaired) electrons. The maximum absolute atomic E-state index is 12.1. The smallest absolute Gasteiger partial charge is 0.444 e. The third-order valence-corrected chi connectivity index (χ3v) is 3.56. The third-order valence-electron chi connectivity index (χ3n) is 3.56. The van der Waals surface area contributed by atoms with Gasteiger partial charge < -0.3 is 25.4 Å². The molecule has 1 fully saturated rings. The number of nitrogens with one attached hydrogen (secondary N) is 1. The number of aromatic nitrogens is 2. The van der Waals surface area contributed by atoms with Gasteiger partial charge in [0, 0.05) is 12.3 Å². The summed E-state index contributed by atoms with van der Waals surface area (Å²) in [6.45, 7) is -0.507. The number of aliphatic hydroxyl groups excluding tert-OH is 2. The first-order chi connectivity index (χ1) is 12.5. The molecule has 5 atom stereocenters. The van der Waals surface area contributed by atoms with Crippen molar-refractivity contribution in [1.82, 2.24) is 9.55 Å². The lowest BCUT2D eigenvalue weighted by Gasteiger charge is -2.16. The molecular weight excluding hydrogens is 379 g/mol. The summed E-state index contributed by atoms with van der Waals surface area (Å²) in [4.78, 5) is 35.5. The van der Waals surface area contributed by atoms with Gasteiger partial charge in [0.2, 0.25) is 0 Å². The van der Waals surface area contributed by atoms with Crippen molar-refractivity contribution in [2.24, 2.45) is 5.73 Å². The Bertz CT molecular complexity index is 869. The number of Topliss-reactive ketones (excluding diaryl/α,β-unsaturated/α-hetero) is 1. The molecule has 27 heavy (non-hydrogen) atoms. The quantitative estimate of drug-likeness (QED) is 0.412. The van der Waals surface area contributed by atoms with Crippen LogP contribution in [0.2, 0.25) is 0 Å². The molecule has 0 spiro atoms. The number of hydrogen-bond donors (Lipinski definition) is 4. The molecule has 1 aromatic heterocycles. The number of ketones is 1. The molecular formula is C14H14F3N3O7. The molecule has 0 aliphatic carbocycles. The minimum Gasteiger partial charge on any atom is -0.444 e. The number of rotatable bonds is 4. The van der Waals surface area contributed by atoms with Crippen molar-refractivity contribution in [2.45, 2.75) is 36.8 Å².